The quantitative estimate of drug-likeness (QED) is 0.548. The number of rotatable bonds is 9. The topological polar surface area (TPSA) is 99.6 Å². The number of hydrogen-bond donors (Lipinski definition) is 2. The highest BCUT2D eigenvalue weighted by Crippen LogP contribution is 2.34. The van der Waals surface area contributed by atoms with E-state index in [0.717, 1.165) is 24.0 Å². The Balaban J connectivity index is 1.83. The molecule has 7 nitrogen and oxygen atoms in total. The summed E-state index contributed by atoms with van der Waals surface area (Å²) >= 11 is 1.18. The molecule has 1 aliphatic rings. The van der Waals surface area contributed by atoms with Crippen molar-refractivity contribution in [2.24, 2.45) is 0 Å². The number of thioether (sulfide) groups is 1. The third kappa shape index (κ3) is 5.76. The van der Waals surface area contributed by atoms with Crippen LogP contribution in [0, 0.1) is 5.41 Å². The Hall–Kier alpha value is -3.13. The van der Waals surface area contributed by atoms with Crippen LogP contribution in [0.2, 0.25) is 0 Å². The largest absolute Gasteiger partial charge is 0.462 e. The number of carbonyl (C=O) groups is 3. The van der Waals surface area contributed by atoms with Gasteiger partial charge in [0.1, 0.15) is 5.25 Å². The number of anilines is 1. The molecule has 0 bridgehead atoms. The zero-order chi connectivity index (χ0) is 23.1. The Morgan fingerprint density at radius 2 is 1.91 bits per heavy atom. The molecule has 0 spiro atoms. The van der Waals surface area contributed by atoms with Gasteiger partial charge >= 0.3 is 5.97 Å². The monoisotopic (exact) mass is 453 g/mol. The summed E-state index contributed by atoms with van der Waals surface area (Å²) < 4.78 is 5.09. The van der Waals surface area contributed by atoms with Crippen LogP contribution in [0.15, 0.2) is 48.5 Å². The number of amidine groups is 1. The summed E-state index contributed by atoms with van der Waals surface area (Å²) in [6.45, 7) is 4.41. The lowest BCUT2D eigenvalue weighted by Crippen LogP contribution is -2.30. The first-order chi connectivity index (χ1) is 15.4. The third-order valence-corrected chi connectivity index (χ3v) is 6.11. The normalized spacial score (nSPS) is 15.4. The van der Waals surface area contributed by atoms with Gasteiger partial charge in [0.15, 0.2) is 5.17 Å². The highest BCUT2D eigenvalue weighted by Gasteiger charge is 2.30. The molecule has 1 unspecified atom stereocenters. The van der Waals surface area contributed by atoms with Crippen LogP contribution in [-0.2, 0) is 20.9 Å². The van der Waals surface area contributed by atoms with Crippen LogP contribution in [0.3, 0.4) is 0 Å². The number of benzene rings is 2. The van der Waals surface area contributed by atoms with Gasteiger partial charge in [-0.25, -0.2) is 4.79 Å². The molecule has 2 amide bonds. The molecule has 0 radical (unpaired) electrons. The summed E-state index contributed by atoms with van der Waals surface area (Å²) in [4.78, 5) is 38.8. The molecule has 8 heteroatoms. The number of unbranched alkanes of at least 4 members (excludes halogenated alkanes) is 1. The van der Waals surface area contributed by atoms with E-state index >= 15 is 0 Å². The zero-order valence-electron chi connectivity index (χ0n) is 18.2. The van der Waals surface area contributed by atoms with Gasteiger partial charge in [-0.3, -0.25) is 15.0 Å². The van der Waals surface area contributed by atoms with E-state index in [1.807, 2.05) is 37.3 Å². The number of nitrogens with zero attached hydrogens (tertiary/aromatic N) is 1. The minimum absolute atomic E-state index is 0.0175. The van der Waals surface area contributed by atoms with Crippen molar-refractivity contribution in [1.82, 2.24) is 5.32 Å². The maximum absolute atomic E-state index is 13.0. The van der Waals surface area contributed by atoms with Crippen molar-refractivity contribution in [2.45, 2.75) is 44.9 Å². The summed E-state index contributed by atoms with van der Waals surface area (Å²) in [6.07, 6.45) is 2.11. The van der Waals surface area contributed by atoms with Crippen molar-refractivity contribution in [3.05, 3.63) is 65.2 Å². The molecule has 2 N–H and O–H groups in total. The number of carbonyl (C=O) groups excluding carboxylic acids is 3. The Morgan fingerprint density at radius 1 is 1.16 bits per heavy atom. The predicted octanol–water partition coefficient (Wildman–Crippen LogP) is 4.43. The van der Waals surface area contributed by atoms with Crippen molar-refractivity contribution < 1.29 is 19.1 Å². The maximum atomic E-state index is 13.0. The standard InChI is InChI=1S/C24H27N3O4S/c1-3-5-9-20(28)27(19-8-6-7-18(14-19)23(30)31-4-2)15-16-10-12-17(13-11-16)21-22(29)26-24(25)32-21/h6-8,10-14,21H,3-5,9,15H2,1-2H3,(H2,25,26,29). The van der Waals surface area contributed by atoms with Gasteiger partial charge < -0.3 is 15.0 Å². The van der Waals surface area contributed by atoms with Crippen molar-refractivity contribution in [2.75, 3.05) is 11.5 Å². The smallest absolute Gasteiger partial charge is 0.338 e. The van der Waals surface area contributed by atoms with Gasteiger partial charge in [0.05, 0.1) is 18.7 Å². The molecule has 1 atom stereocenters. The molecule has 1 fully saturated rings. The number of ether oxygens (including phenoxy) is 1. The Morgan fingerprint density at radius 3 is 2.53 bits per heavy atom. The molecule has 168 valence electrons. The summed E-state index contributed by atoms with van der Waals surface area (Å²) in [5.74, 6) is -0.631. The van der Waals surface area contributed by atoms with E-state index < -0.39 is 11.2 Å². The van der Waals surface area contributed by atoms with E-state index in [0.29, 0.717) is 24.2 Å². The fraction of sp³-hybridized carbons (Fsp3) is 0.333. The van der Waals surface area contributed by atoms with E-state index in [4.69, 9.17) is 10.1 Å². The first-order valence-electron chi connectivity index (χ1n) is 10.6. The molecular weight excluding hydrogens is 426 g/mol. The SMILES string of the molecule is CCCCC(=O)N(Cc1ccc(C2SC(=N)NC2=O)cc1)c1cccc(C(=O)OCC)c1. The molecule has 2 aromatic carbocycles. The number of amides is 2. The minimum Gasteiger partial charge on any atom is -0.462 e. The highest BCUT2D eigenvalue weighted by molar-refractivity contribution is 8.15. The summed E-state index contributed by atoms with van der Waals surface area (Å²) in [5, 5.41) is 9.85. The fourth-order valence-corrected chi connectivity index (χ4v) is 4.23. The first kappa shape index (κ1) is 23.5. The fourth-order valence-electron chi connectivity index (χ4n) is 3.38. The molecule has 3 rings (SSSR count). The van der Waals surface area contributed by atoms with Crippen LogP contribution >= 0.6 is 11.8 Å². The average molecular weight is 454 g/mol. The van der Waals surface area contributed by atoms with Crippen LogP contribution in [-0.4, -0.2) is 29.6 Å². The molecule has 32 heavy (non-hydrogen) atoms. The van der Waals surface area contributed by atoms with Gasteiger partial charge in [-0.1, -0.05) is 55.4 Å². The van der Waals surface area contributed by atoms with Crippen LogP contribution < -0.4 is 10.2 Å². The molecule has 0 saturated carbocycles. The lowest BCUT2D eigenvalue weighted by Gasteiger charge is -2.24. The van der Waals surface area contributed by atoms with Gasteiger partial charge in [-0.15, -0.1) is 0 Å². The van der Waals surface area contributed by atoms with Crippen molar-refractivity contribution >= 4 is 40.4 Å². The van der Waals surface area contributed by atoms with Crippen LogP contribution in [0.5, 0.6) is 0 Å². The lowest BCUT2D eigenvalue weighted by molar-refractivity contribution is -0.119. The van der Waals surface area contributed by atoms with Gasteiger partial charge in [-0.2, -0.15) is 0 Å². The van der Waals surface area contributed by atoms with Crippen LogP contribution in [0.4, 0.5) is 5.69 Å². The number of esters is 1. The van der Waals surface area contributed by atoms with Gasteiger partial charge in [0, 0.05) is 12.1 Å². The molecular formula is C24H27N3O4S. The second-order valence-electron chi connectivity index (χ2n) is 7.41. The van der Waals surface area contributed by atoms with E-state index in [1.54, 1.807) is 30.0 Å². The second kappa shape index (κ2) is 10.9. The Bertz CT molecular complexity index is 1010. The summed E-state index contributed by atoms with van der Waals surface area (Å²) in [7, 11) is 0. The van der Waals surface area contributed by atoms with Gasteiger partial charge in [0.2, 0.25) is 11.8 Å². The predicted molar refractivity (Wildman–Crippen MR) is 126 cm³/mol. The first-order valence-corrected chi connectivity index (χ1v) is 11.5. The molecule has 0 aliphatic carbocycles. The van der Waals surface area contributed by atoms with E-state index in [1.165, 1.54) is 11.8 Å². The van der Waals surface area contributed by atoms with Crippen molar-refractivity contribution in [1.29, 1.82) is 5.41 Å². The highest BCUT2D eigenvalue weighted by atomic mass is 32.2. The van der Waals surface area contributed by atoms with E-state index in [2.05, 4.69) is 5.32 Å². The van der Waals surface area contributed by atoms with Crippen LogP contribution in [0.25, 0.3) is 0 Å². The summed E-state index contributed by atoms with van der Waals surface area (Å²) in [5.41, 5.74) is 2.75. The van der Waals surface area contributed by atoms with Crippen molar-refractivity contribution in [3.63, 3.8) is 0 Å². The van der Waals surface area contributed by atoms with Crippen molar-refractivity contribution in [3.8, 4) is 0 Å². The molecule has 0 aromatic heterocycles. The molecule has 1 saturated heterocycles. The molecule has 1 heterocycles. The Labute approximate surface area is 192 Å². The average Bonchev–Trinajstić information content (AvgIpc) is 3.14. The van der Waals surface area contributed by atoms with Gasteiger partial charge in [0.25, 0.3) is 0 Å². The van der Waals surface area contributed by atoms with E-state index in [9.17, 15) is 14.4 Å². The molecule has 2 aromatic rings. The Kier molecular flexibility index (Phi) is 8.05. The third-order valence-electron chi connectivity index (χ3n) is 5.05. The zero-order valence-corrected chi connectivity index (χ0v) is 19.0. The number of hydrogen-bond acceptors (Lipinski definition) is 6. The minimum atomic E-state index is -0.430. The van der Waals surface area contributed by atoms with Crippen LogP contribution in [0.1, 0.15) is 59.8 Å². The molecule has 1 aliphatic heterocycles. The van der Waals surface area contributed by atoms with E-state index in [-0.39, 0.29) is 23.6 Å². The maximum Gasteiger partial charge on any atom is 0.338 e. The second-order valence-corrected chi connectivity index (χ2v) is 8.53. The van der Waals surface area contributed by atoms with Gasteiger partial charge in [-0.05, 0) is 42.7 Å². The number of nitrogens with one attached hydrogen (secondary N) is 2. The lowest BCUT2D eigenvalue weighted by atomic mass is 10.1. The summed E-state index contributed by atoms with van der Waals surface area (Å²) in [6, 6.07) is 14.4.